The van der Waals surface area contributed by atoms with Gasteiger partial charge in [-0.2, -0.15) is 0 Å². The van der Waals surface area contributed by atoms with E-state index in [0.717, 1.165) is 24.8 Å². The van der Waals surface area contributed by atoms with Crippen LogP contribution >= 0.6 is 0 Å². The van der Waals surface area contributed by atoms with Crippen LogP contribution in [0.4, 0.5) is 0 Å². The van der Waals surface area contributed by atoms with Gasteiger partial charge in [0.25, 0.3) is 0 Å². The third kappa shape index (κ3) is 9.97. The summed E-state index contributed by atoms with van der Waals surface area (Å²) in [5.41, 5.74) is 0.850. The van der Waals surface area contributed by atoms with Gasteiger partial charge in [0.1, 0.15) is 6.04 Å². The van der Waals surface area contributed by atoms with E-state index >= 15 is 0 Å². The smallest absolute Gasteiger partial charge is 0.326 e. The molecule has 9 heteroatoms. The molecule has 0 bridgehead atoms. The fourth-order valence-electron chi connectivity index (χ4n) is 6.03. The quantitative estimate of drug-likeness (QED) is 0.168. The maximum absolute atomic E-state index is 12.5. The molecule has 2 aliphatic heterocycles. The number of epoxide rings is 1. The predicted octanol–water partition coefficient (Wildman–Crippen LogP) is 3.62. The third-order valence-electron chi connectivity index (χ3n) is 8.16. The first kappa shape index (κ1) is 33.4. The van der Waals surface area contributed by atoms with Crippen molar-refractivity contribution in [1.82, 2.24) is 5.32 Å². The predicted molar refractivity (Wildman–Crippen MR) is 149 cm³/mol. The third-order valence-corrected chi connectivity index (χ3v) is 8.16. The maximum atomic E-state index is 12.5. The Labute approximate surface area is 234 Å². The Morgan fingerprint density at radius 1 is 1.23 bits per heavy atom. The summed E-state index contributed by atoms with van der Waals surface area (Å²) in [4.78, 5) is 23.9. The van der Waals surface area contributed by atoms with Crippen molar-refractivity contribution < 1.29 is 39.1 Å². The van der Waals surface area contributed by atoms with Crippen molar-refractivity contribution in [2.45, 2.75) is 122 Å². The van der Waals surface area contributed by atoms with Crippen molar-refractivity contribution in [3.8, 4) is 0 Å². The molecule has 39 heavy (non-hydrogen) atoms. The minimum atomic E-state index is -1.10. The molecule has 2 heterocycles. The van der Waals surface area contributed by atoms with Gasteiger partial charge in [0.2, 0.25) is 5.91 Å². The number of allylic oxidation sites excluding steroid dienone is 3. The molecule has 2 saturated heterocycles. The Kier molecular flexibility index (Phi) is 13.1. The molecule has 0 aromatic carbocycles. The zero-order valence-corrected chi connectivity index (χ0v) is 24.8. The van der Waals surface area contributed by atoms with Gasteiger partial charge in [-0.1, -0.05) is 39.0 Å². The van der Waals surface area contributed by atoms with E-state index in [9.17, 15) is 19.8 Å². The number of nitrogens with one attached hydrogen (secondary N) is 1. The van der Waals surface area contributed by atoms with Crippen molar-refractivity contribution in [2.24, 2.45) is 17.8 Å². The number of carboxylic acids is 1. The molecule has 9 nitrogen and oxygen atoms in total. The molecule has 224 valence electrons. The molecular weight excluding hydrogens is 502 g/mol. The van der Waals surface area contributed by atoms with Crippen LogP contribution in [0.2, 0.25) is 0 Å². The van der Waals surface area contributed by atoms with Gasteiger partial charge in [-0.15, -0.1) is 0 Å². The Bertz CT molecular complexity index is 858. The van der Waals surface area contributed by atoms with Gasteiger partial charge in [-0.25, -0.2) is 4.79 Å². The zero-order valence-electron chi connectivity index (χ0n) is 24.8. The van der Waals surface area contributed by atoms with Gasteiger partial charge >= 0.3 is 5.97 Å². The highest BCUT2D eigenvalue weighted by molar-refractivity contribution is 5.83. The van der Waals surface area contributed by atoms with Crippen molar-refractivity contribution in [3.05, 3.63) is 23.8 Å². The van der Waals surface area contributed by atoms with Crippen LogP contribution in [0.5, 0.6) is 0 Å². The average Bonchev–Trinajstić information content (AvgIpc) is 3.52. The highest BCUT2D eigenvalue weighted by Gasteiger charge is 2.56. The lowest BCUT2D eigenvalue weighted by Gasteiger charge is -2.35. The van der Waals surface area contributed by atoms with Gasteiger partial charge in [-0.05, 0) is 70.3 Å². The van der Waals surface area contributed by atoms with Crippen molar-refractivity contribution >= 4 is 11.9 Å². The lowest BCUT2D eigenvalue weighted by Crippen LogP contribution is -2.43. The fourth-order valence-corrected chi connectivity index (χ4v) is 6.03. The summed E-state index contributed by atoms with van der Waals surface area (Å²) >= 11 is 0. The summed E-state index contributed by atoms with van der Waals surface area (Å²) < 4.78 is 17.8. The topological polar surface area (TPSA) is 138 Å². The lowest BCUT2D eigenvalue weighted by molar-refractivity contribution is -0.143. The molecule has 0 aromatic heterocycles. The Morgan fingerprint density at radius 2 is 1.92 bits per heavy atom. The van der Waals surface area contributed by atoms with Gasteiger partial charge in [0, 0.05) is 19.6 Å². The molecule has 0 saturated carbocycles. The van der Waals surface area contributed by atoms with Crippen LogP contribution in [0, 0.1) is 17.8 Å². The number of carboxylic acid groups (broad SMARTS) is 1. The fraction of sp³-hybridized carbons (Fsp3) is 0.800. The van der Waals surface area contributed by atoms with Gasteiger partial charge in [-0.3, -0.25) is 4.79 Å². The largest absolute Gasteiger partial charge is 0.480 e. The SMILES string of the molecule is CO[C@H]([C@@H](C)[C@H]1O[C@]1(C)C[C@H](C)/C=C/C=C(\C)[C@H]1O[C@@H](CC(=O)N[C@@H](CCCO)C(=O)O)CC[C@@H]1C)[C@@H](C)O. The van der Waals surface area contributed by atoms with Gasteiger partial charge in [0.15, 0.2) is 0 Å². The number of aliphatic hydroxyl groups excluding tert-OH is 2. The van der Waals surface area contributed by atoms with Crippen LogP contribution in [0.25, 0.3) is 0 Å². The van der Waals surface area contributed by atoms with Crippen molar-refractivity contribution in [3.63, 3.8) is 0 Å². The molecule has 2 aliphatic rings. The molecule has 0 aromatic rings. The standard InChI is InChI=1S/C30H51NO8/c1-18(17-30(6)28(39-30)21(4)27(37-7)22(5)33)10-8-11-19(2)26-20(3)13-14-23(38-26)16-25(34)31-24(29(35)36)12-9-15-32/h8,10-11,18,20-24,26-28,32-33H,9,12-17H2,1-7H3,(H,31,34)(H,35,36)/b10-8+,19-11+/t18-,20+,21-,22-,23-,24+,26-,27-,28-,30-/m1/s1. The summed E-state index contributed by atoms with van der Waals surface area (Å²) in [6.07, 6.45) is 8.31. The summed E-state index contributed by atoms with van der Waals surface area (Å²) in [6, 6.07) is -1.00. The van der Waals surface area contributed by atoms with E-state index in [1.807, 2.05) is 6.92 Å². The van der Waals surface area contributed by atoms with E-state index in [0.29, 0.717) is 12.3 Å². The monoisotopic (exact) mass is 553 g/mol. The number of amides is 1. The molecule has 0 unspecified atom stereocenters. The van der Waals surface area contributed by atoms with Crippen molar-refractivity contribution in [2.75, 3.05) is 13.7 Å². The first-order valence-electron chi connectivity index (χ1n) is 14.3. The second-order valence-electron chi connectivity index (χ2n) is 11.9. The molecule has 4 N–H and O–H groups in total. The van der Waals surface area contributed by atoms with Crippen LogP contribution in [0.3, 0.4) is 0 Å². The minimum Gasteiger partial charge on any atom is -0.480 e. The van der Waals surface area contributed by atoms with Gasteiger partial charge < -0.3 is 34.8 Å². The summed E-state index contributed by atoms with van der Waals surface area (Å²) in [6.45, 7) is 12.2. The van der Waals surface area contributed by atoms with Crippen LogP contribution < -0.4 is 5.32 Å². The molecular formula is C30H51NO8. The molecule has 0 spiro atoms. The van der Waals surface area contributed by atoms with E-state index in [-0.39, 0.29) is 67.2 Å². The molecule has 0 aliphatic carbocycles. The Morgan fingerprint density at radius 3 is 2.51 bits per heavy atom. The highest BCUT2D eigenvalue weighted by Crippen LogP contribution is 2.47. The number of methoxy groups -OCH3 is 1. The number of ether oxygens (including phenoxy) is 3. The van der Waals surface area contributed by atoms with Gasteiger partial charge in [0.05, 0.1) is 42.5 Å². The number of hydrogen-bond acceptors (Lipinski definition) is 7. The second kappa shape index (κ2) is 15.3. The van der Waals surface area contributed by atoms with E-state index in [4.69, 9.17) is 19.3 Å². The summed E-state index contributed by atoms with van der Waals surface area (Å²) in [5, 5.41) is 30.8. The Balaban J connectivity index is 1.89. The number of aliphatic hydroxyl groups is 2. The number of rotatable bonds is 16. The first-order valence-corrected chi connectivity index (χ1v) is 14.3. The van der Waals surface area contributed by atoms with E-state index in [1.54, 1.807) is 14.0 Å². The van der Waals surface area contributed by atoms with Crippen molar-refractivity contribution in [1.29, 1.82) is 0 Å². The normalized spacial score (nSPS) is 31.4. The molecule has 0 radical (unpaired) electrons. The molecule has 2 fully saturated rings. The number of carbonyl (C=O) groups excluding carboxylic acids is 1. The first-order chi connectivity index (χ1) is 18.3. The summed E-state index contributed by atoms with van der Waals surface area (Å²) in [7, 11) is 1.62. The van der Waals surface area contributed by atoms with Crippen LogP contribution in [-0.4, -0.2) is 83.1 Å². The zero-order chi connectivity index (χ0) is 29.3. The number of hydrogen-bond donors (Lipinski definition) is 4. The maximum Gasteiger partial charge on any atom is 0.326 e. The number of aliphatic carboxylic acids is 1. The second-order valence-corrected chi connectivity index (χ2v) is 11.9. The molecule has 10 atom stereocenters. The lowest BCUT2D eigenvalue weighted by atomic mass is 9.85. The summed E-state index contributed by atoms with van der Waals surface area (Å²) in [5.74, 6) is -0.750. The minimum absolute atomic E-state index is 0.0521. The van der Waals surface area contributed by atoms with E-state index < -0.39 is 18.1 Å². The number of carbonyl (C=O) groups is 2. The van der Waals surface area contributed by atoms with Crippen LogP contribution in [0.15, 0.2) is 23.8 Å². The van der Waals surface area contributed by atoms with E-state index in [2.05, 4.69) is 51.2 Å². The van der Waals surface area contributed by atoms with E-state index in [1.165, 1.54) is 0 Å². The Hall–Kier alpha value is -1.78. The van der Waals surface area contributed by atoms with Crippen LogP contribution in [0.1, 0.15) is 80.1 Å². The average molecular weight is 554 g/mol. The van der Waals surface area contributed by atoms with Crippen LogP contribution in [-0.2, 0) is 23.8 Å². The molecule has 1 amide bonds. The highest BCUT2D eigenvalue weighted by atomic mass is 16.6. The molecule has 2 rings (SSSR count).